The van der Waals surface area contributed by atoms with Gasteiger partial charge in [0.1, 0.15) is 11.0 Å². The second-order valence-electron chi connectivity index (χ2n) is 5.30. The summed E-state index contributed by atoms with van der Waals surface area (Å²) in [6.45, 7) is 1.65. The van der Waals surface area contributed by atoms with E-state index in [1.165, 1.54) is 23.9 Å². The molecule has 6 nitrogen and oxygen atoms in total. The molecular formula is C18H15NO5S. The fourth-order valence-corrected chi connectivity index (χ4v) is 3.16. The predicted molar refractivity (Wildman–Crippen MR) is 91.3 cm³/mol. The van der Waals surface area contributed by atoms with E-state index in [1.54, 1.807) is 38.3 Å². The number of nitrogens with zero attached hydrogens (tertiary/aromatic N) is 1. The number of carbonyl (C=O) groups excluding carboxylic acids is 3. The first-order valence-electron chi connectivity index (χ1n) is 7.51. The van der Waals surface area contributed by atoms with Gasteiger partial charge in [-0.25, -0.2) is 4.79 Å². The van der Waals surface area contributed by atoms with Gasteiger partial charge in [-0.3, -0.25) is 9.59 Å². The number of hydrogen-bond acceptors (Lipinski definition) is 6. The van der Waals surface area contributed by atoms with Crippen LogP contribution in [0.25, 0.3) is 0 Å². The van der Waals surface area contributed by atoms with Crippen LogP contribution >= 0.6 is 11.8 Å². The Bertz CT molecular complexity index is 799. The lowest BCUT2D eigenvalue weighted by molar-refractivity contribution is -0.167. The number of carbonyl (C=O) groups is 3. The molecule has 2 aromatic rings. The Labute approximate surface area is 148 Å². The predicted octanol–water partition coefficient (Wildman–Crippen LogP) is 2.93. The van der Waals surface area contributed by atoms with Gasteiger partial charge in [-0.2, -0.15) is 0 Å². The molecule has 2 aromatic carbocycles. The molecule has 0 N–H and O–H groups in total. The third-order valence-electron chi connectivity index (χ3n) is 3.64. The van der Waals surface area contributed by atoms with Gasteiger partial charge >= 0.3 is 5.97 Å². The number of rotatable bonds is 5. The Morgan fingerprint density at radius 3 is 2.08 bits per heavy atom. The molecule has 128 valence electrons. The summed E-state index contributed by atoms with van der Waals surface area (Å²) >= 11 is 1.26. The fraction of sp³-hybridized carbons (Fsp3) is 0.167. The maximum atomic E-state index is 12.3. The number of imide groups is 1. The van der Waals surface area contributed by atoms with Crippen molar-refractivity contribution >= 4 is 29.5 Å². The van der Waals surface area contributed by atoms with Crippen LogP contribution in [0.3, 0.4) is 0 Å². The molecule has 3 rings (SSSR count). The smallest absolute Gasteiger partial charge is 0.346 e. The molecule has 1 atom stereocenters. The van der Waals surface area contributed by atoms with E-state index in [9.17, 15) is 14.4 Å². The van der Waals surface area contributed by atoms with Crippen molar-refractivity contribution in [2.24, 2.45) is 0 Å². The summed E-state index contributed by atoms with van der Waals surface area (Å²) in [5.74, 6) is -1.22. The quantitative estimate of drug-likeness (QED) is 0.605. The summed E-state index contributed by atoms with van der Waals surface area (Å²) in [5.41, 5.74) is 0.464. The van der Waals surface area contributed by atoms with E-state index in [1.807, 2.05) is 12.1 Å². The average Bonchev–Trinajstić information content (AvgIpc) is 2.87. The van der Waals surface area contributed by atoms with Crippen molar-refractivity contribution in [2.45, 2.75) is 17.1 Å². The highest BCUT2D eigenvalue weighted by Crippen LogP contribution is 2.28. The van der Waals surface area contributed by atoms with E-state index >= 15 is 0 Å². The van der Waals surface area contributed by atoms with Crippen LogP contribution in [-0.2, 0) is 9.63 Å². The van der Waals surface area contributed by atoms with Crippen LogP contribution in [0.5, 0.6) is 5.75 Å². The molecule has 1 unspecified atom stereocenters. The van der Waals surface area contributed by atoms with Gasteiger partial charge in [0.2, 0.25) is 0 Å². The fourth-order valence-electron chi connectivity index (χ4n) is 2.32. The monoisotopic (exact) mass is 357 g/mol. The summed E-state index contributed by atoms with van der Waals surface area (Å²) in [7, 11) is 1.57. The van der Waals surface area contributed by atoms with Crippen LogP contribution < -0.4 is 4.74 Å². The Morgan fingerprint density at radius 2 is 1.56 bits per heavy atom. The first-order chi connectivity index (χ1) is 12.0. The van der Waals surface area contributed by atoms with Crippen molar-refractivity contribution in [3.05, 3.63) is 59.7 Å². The van der Waals surface area contributed by atoms with E-state index < -0.39 is 23.0 Å². The zero-order chi connectivity index (χ0) is 18.0. The van der Waals surface area contributed by atoms with Crippen molar-refractivity contribution in [3.63, 3.8) is 0 Å². The third kappa shape index (κ3) is 3.36. The van der Waals surface area contributed by atoms with Crippen molar-refractivity contribution in [2.75, 3.05) is 7.11 Å². The number of hydroxylamine groups is 2. The van der Waals surface area contributed by atoms with Crippen molar-refractivity contribution in [3.8, 4) is 5.75 Å². The molecule has 25 heavy (non-hydrogen) atoms. The summed E-state index contributed by atoms with van der Waals surface area (Å²) in [4.78, 5) is 42.5. The highest BCUT2D eigenvalue weighted by Gasteiger charge is 2.39. The van der Waals surface area contributed by atoms with Gasteiger partial charge in [-0.05, 0) is 43.3 Å². The number of thioether (sulfide) groups is 1. The van der Waals surface area contributed by atoms with E-state index in [0.29, 0.717) is 10.8 Å². The molecule has 1 aliphatic rings. The number of amides is 2. The van der Waals surface area contributed by atoms with Gasteiger partial charge < -0.3 is 9.57 Å². The first kappa shape index (κ1) is 17.0. The molecule has 0 fully saturated rings. The van der Waals surface area contributed by atoms with Gasteiger partial charge in [0.05, 0.1) is 18.2 Å². The van der Waals surface area contributed by atoms with Gasteiger partial charge in [-0.1, -0.05) is 17.2 Å². The molecule has 0 spiro atoms. The standard InChI is InChI=1S/C18H15NO5S/c1-11(25-13-9-7-12(23-2)8-10-13)18(22)24-19-16(20)14-5-3-4-6-15(14)17(19)21/h3-11H,1-2H3. The number of fused-ring (bicyclic) bond motifs is 1. The summed E-state index contributed by atoms with van der Waals surface area (Å²) in [6.07, 6.45) is 0. The van der Waals surface area contributed by atoms with E-state index in [4.69, 9.17) is 9.57 Å². The minimum atomic E-state index is -0.671. The lowest BCUT2D eigenvalue weighted by Gasteiger charge is -2.16. The number of benzene rings is 2. The summed E-state index contributed by atoms with van der Waals surface area (Å²) in [6, 6.07) is 13.5. The SMILES string of the molecule is COc1ccc(SC(C)C(=O)ON2C(=O)c3ccccc3C2=O)cc1. The number of methoxy groups -OCH3 is 1. The van der Waals surface area contributed by atoms with Crippen LogP contribution in [-0.4, -0.2) is 35.2 Å². The molecule has 0 aliphatic carbocycles. The highest BCUT2D eigenvalue weighted by molar-refractivity contribution is 8.00. The second-order valence-corrected chi connectivity index (χ2v) is 6.71. The average molecular weight is 357 g/mol. The van der Waals surface area contributed by atoms with Gasteiger partial charge in [0, 0.05) is 4.90 Å². The van der Waals surface area contributed by atoms with E-state index in [-0.39, 0.29) is 11.1 Å². The minimum absolute atomic E-state index is 0.232. The molecule has 0 saturated heterocycles. The van der Waals surface area contributed by atoms with E-state index in [0.717, 1.165) is 4.90 Å². The van der Waals surface area contributed by atoms with Crippen LogP contribution in [0.15, 0.2) is 53.4 Å². The zero-order valence-electron chi connectivity index (χ0n) is 13.6. The maximum Gasteiger partial charge on any atom is 0.346 e. The normalized spacial score (nSPS) is 14.2. The van der Waals surface area contributed by atoms with Gasteiger partial charge in [0.25, 0.3) is 11.8 Å². The maximum absolute atomic E-state index is 12.3. The Hall–Kier alpha value is -2.80. The molecule has 0 aromatic heterocycles. The Morgan fingerprint density at radius 1 is 1.00 bits per heavy atom. The molecule has 1 heterocycles. The van der Waals surface area contributed by atoms with Crippen LogP contribution in [0.4, 0.5) is 0 Å². The van der Waals surface area contributed by atoms with E-state index in [2.05, 4.69) is 0 Å². The first-order valence-corrected chi connectivity index (χ1v) is 8.39. The van der Waals surface area contributed by atoms with Crippen LogP contribution in [0.1, 0.15) is 27.6 Å². The molecular weight excluding hydrogens is 342 g/mol. The topological polar surface area (TPSA) is 72.9 Å². The van der Waals surface area contributed by atoms with Crippen molar-refractivity contribution < 1.29 is 24.0 Å². The number of hydrogen-bond donors (Lipinski definition) is 0. The van der Waals surface area contributed by atoms with Gasteiger partial charge in [-0.15, -0.1) is 11.8 Å². The zero-order valence-corrected chi connectivity index (χ0v) is 14.4. The van der Waals surface area contributed by atoms with Crippen molar-refractivity contribution in [1.29, 1.82) is 0 Å². The lowest BCUT2D eigenvalue weighted by atomic mass is 10.1. The Kier molecular flexibility index (Phi) is 4.76. The molecule has 2 amide bonds. The lowest BCUT2D eigenvalue weighted by Crippen LogP contribution is -2.35. The molecule has 1 aliphatic heterocycles. The third-order valence-corrected chi connectivity index (χ3v) is 4.73. The molecule has 0 bridgehead atoms. The highest BCUT2D eigenvalue weighted by atomic mass is 32.2. The number of ether oxygens (including phenoxy) is 1. The molecule has 0 saturated carbocycles. The second kappa shape index (κ2) is 6.98. The van der Waals surface area contributed by atoms with Crippen LogP contribution in [0, 0.1) is 0 Å². The molecule has 7 heteroatoms. The largest absolute Gasteiger partial charge is 0.497 e. The molecule has 0 radical (unpaired) electrons. The summed E-state index contributed by atoms with van der Waals surface area (Å²) in [5, 5.41) is -0.0735. The van der Waals surface area contributed by atoms with Crippen molar-refractivity contribution in [1.82, 2.24) is 5.06 Å². The van der Waals surface area contributed by atoms with Gasteiger partial charge in [0.15, 0.2) is 0 Å². The van der Waals surface area contributed by atoms with Crippen LogP contribution in [0.2, 0.25) is 0 Å². The minimum Gasteiger partial charge on any atom is -0.497 e. The summed E-state index contributed by atoms with van der Waals surface area (Å²) < 4.78 is 5.08. The Balaban J connectivity index is 1.66.